The van der Waals surface area contributed by atoms with E-state index >= 15 is 0 Å². The van der Waals surface area contributed by atoms with Gasteiger partial charge in [0.05, 0.1) is 9.82 Å². The Balaban J connectivity index is 1.58. The van der Waals surface area contributed by atoms with Gasteiger partial charge in [0.1, 0.15) is 0 Å². The SMILES string of the molecule is O=[N+]([O-])c1cccc(S(=O)(=O)NC2C3CC4CC(C3)CC2C4)c1. The van der Waals surface area contributed by atoms with Crippen molar-refractivity contribution < 1.29 is 13.3 Å². The van der Waals surface area contributed by atoms with Gasteiger partial charge in [-0.15, -0.1) is 0 Å². The van der Waals surface area contributed by atoms with Gasteiger partial charge in [0.2, 0.25) is 10.0 Å². The Morgan fingerprint density at radius 1 is 1.04 bits per heavy atom. The molecule has 1 N–H and O–H groups in total. The molecule has 0 unspecified atom stereocenters. The third-order valence-electron chi connectivity index (χ3n) is 5.86. The van der Waals surface area contributed by atoms with Crippen LogP contribution in [0.1, 0.15) is 32.1 Å². The van der Waals surface area contributed by atoms with Gasteiger partial charge in [0, 0.05) is 18.2 Å². The average Bonchev–Trinajstić information content (AvgIpc) is 2.50. The third-order valence-corrected chi connectivity index (χ3v) is 7.31. The number of nitro benzene ring substituents is 1. The van der Waals surface area contributed by atoms with Crippen molar-refractivity contribution in [2.24, 2.45) is 23.7 Å². The molecule has 0 amide bonds. The maximum Gasteiger partial charge on any atom is 0.270 e. The molecular formula is C16H20N2O4S. The fourth-order valence-corrected chi connectivity index (χ4v) is 6.54. The van der Waals surface area contributed by atoms with Gasteiger partial charge in [-0.05, 0) is 61.8 Å². The van der Waals surface area contributed by atoms with Crippen molar-refractivity contribution in [3.05, 3.63) is 34.4 Å². The van der Waals surface area contributed by atoms with Gasteiger partial charge in [-0.1, -0.05) is 6.07 Å². The predicted octanol–water partition coefficient (Wildman–Crippen LogP) is 2.70. The summed E-state index contributed by atoms with van der Waals surface area (Å²) in [6.07, 6.45) is 5.80. The fraction of sp³-hybridized carbons (Fsp3) is 0.625. The monoisotopic (exact) mass is 336 g/mol. The number of non-ortho nitro benzene ring substituents is 1. The van der Waals surface area contributed by atoms with E-state index in [-0.39, 0.29) is 16.6 Å². The first-order valence-electron chi connectivity index (χ1n) is 8.19. The Labute approximate surface area is 135 Å². The smallest absolute Gasteiger partial charge is 0.258 e. The van der Waals surface area contributed by atoms with E-state index < -0.39 is 14.9 Å². The van der Waals surface area contributed by atoms with Crippen molar-refractivity contribution in [3.8, 4) is 0 Å². The van der Waals surface area contributed by atoms with E-state index in [1.54, 1.807) is 0 Å². The molecule has 124 valence electrons. The van der Waals surface area contributed by atoms with Crippen molar-refractivity contribution in [3.63, 3.8) is 0 Å². The van der Waals surface area contributed by atoms with Gasteiger partial charge >= 0.3 is 0 Å². The maximum absolute atomic E-state index is 12.7. The molecule has 0 saturated heterocycles. The lowest BCUT2D eigenvalue weighted by Gasteiger charge is -2.54. The Kier molecular flexibility index (Phi) is 3.46. The normalized spacial score (nSPS) is 35.4. The van der Waals surface area contributed by atoms with E-state index in [1.165, 1.54) is 24.6 Å². The second-order valence-corrected chi connectivity index (χ2v) is 9.05. The number of sulfonamides is 1. The predicted molar refractivity (Wildman–Crippen MR) is 84.3 cm³/mol. The summed E-state index contributed by atoms with van der Waals surface area (Å²) in [6.45, 7) is 0. The van der Waals surface area contributed by atoms with E-state index in [1.807, 2.05) is 0 Å². The highest BCUT2D eigenvalue weighted by Crippen LogP contribution is 2.53. The highest BCUT2D eigenvalue weighted by molar-refractivity contribution is 7.89. The Morgan fingerprint density at radius 2 is 1.65 bits per heavy atom. The molecule has 1 aromatic carbocycles. The van der Waals surface area contributed by atoms with Crippen molar-refractivity contribution in [2.75, 3.05) is 0 Å². The minimum Gasteiger partial charge on any atom is -0.258 e. The van der Waals surface area contributed by atoms with Crippen molar-refractivity contribution in [1.82, 2.24) is 4.72 Å². The molecule has 0 aliphatic heterocycles. The molecule has 4 aliphatic rings. The molecule has 4 saturated carbocycles. The zero-order chi connectivity index (χ0) is 16.2. The highest BCUT2D eigenvalue weighted by atomic mass is 32.2. The molecule has 4 fully saturated rings. The first-order chi connectivity index (χ1) is 10.9. The maximum atomic E-state index is 12.7. The number of nitro groups is 1. The summed E-state index contributed by atoms with van der Waals surface area (Å²) >= 11 is 0. The Hall–Kier alpha value is -1.47. The molecule has 0 radical (unpaired) electrons. The zero-order valence-corrected chi connectivity index (χ0v) is 13.5. The molecular weight excluding hydrogens is 316 g/mol. The summed E-state index contributed by atoms with van der Waals surface area (Å²) in [5.74, 6) is 2.41. The third kappa shape index (κ3) is 2.65. The van der Waals surface area contributed by atoms with E-state index in [9.17, 15) is 18.5 Å². The van der Waals surface area contributed by atoms with Gasteiger partial charge in [-0.2, -0.15) is 0 Å². The summed E-state index contributed by atoms with van der Waals surface area (Å²) in [5.41, 5.74) is -0.196. The van der Waals surface area contributed by atoms with Crippen LogP contribution in [-0.2, 0) is 10.0 Å². The molecule has 0 atom stereocenters. The average molecular weight is 336 g/mol. The molecule has 4 bridgehead atoms. The number of hydrogen-bond donors (Lipinski definition) is 1. The quantitative estimate of drug-likeness (QED) is 0.676. The second kappa shape index (κ2) is 5.27. The standard InChI is InChI=1S/C16H20N2O4S/c19-18(20)14-2-1-3-15(9-14)23(21,22)17-16-12-5-10-4-11(7-12)8-13(16)6-10/h1-3,9-13,16-17H,4-8H2. The van der Waals surface area contributed by atoms with Crippen molar-refractivity contribution in [1.29, 1.82) is 0 Å². The van der Waals surface area contributed by atoms with Crippen LogP contribution in [0.3, 0.4) is 0 Å². The number of nitrogens with zero attached hydrogens (tertiary/aromatic N) is 1. The summed E-state index contributed by atoms with van der Waals surface area (Å²) in [5, 5.41) is 10.9. The topological polar surface area (TPSA) is 89.3 Å². The van der Waals surface area contributed by atoms with Gasteiger partial charge < -0.3 is 0 Å². The van der Waals surface area contributed by atoms with Crippen molar-refractivity contribution >= 4 is 15.7 Å². The highest BCUT2D eigenvalue weighted by Gasteiger charge is 2.49. The minimum absolute atomic E-state index is 0.00735. The molecule has 0 heterocycles. The largest absolute Gasteiger partial charge is 0.270 e. The second-order valence-electron chi connectivity index (χ2n) is 7.33. The van der Waals surface area contributed by atoms with Gasteiger partial charge in [0.25, 0.3) is 5.69 Å². The van der Waals surface area contributed by atoms with Crippen LogP contribution in [-0.4, -0.2) is 19.4 Å². The minimum atomic E-state index is -3.72. The summed E-state index contributed by atoms with van der Waals surface area (Å²) in [6, 6.07) is 5.28. The molecule has 23 heavy (non-hydrogen) atoms. The van der Waals surface area contributed by atoms with Gasteiger partial charge in [-0.3, -0.25) is 10.1 Å². The summed E-state index contributed by atoms with van der Waals surface area (Å²) < 4.78 is 28.2. The number of hydrogen-bond acceptors (Lipinski definition) is 4. The lowest BCUT2D eigenvalue weighted by atomic mass is 9.54. The molecule has 7 heteroatoms. The molecule has 5 rings (SSSR count). The van der Waals surface area contributed by atoms with Crippen molar-refractivity contribution in [2.45, 2.75) is 43.0 Å². The van der Waals surface area contributed by atoms with Crippen LogP contribution in [0.5, 0.6) is 0 Å². The van der Waals surface area contributed by atoms with Crippen LogP contribution in [0, 0.1) is 33.8 Å². The number of rotatable bonds is 4. The molecule has 0 spiro atoms. The molecule has 6 nitrogen and oxygen atoms in total. The zero-order valence-electron chi connectivity index (χ0n) is 12.7. The van der Waals surface area contributed by atoms with Crippen LogP contribution < -0.4 is 4.72 Å². The van der Waals surface area contributed by atoms with Crippen LogP contribution >= 0.6 is 0 Å². The van der Waals surface area contributed by atoms with Crippen LogP contribution in [0.25, 0.3) is 0 Å². The first-order valence-corrected chi connectivity index (χ1v) is 9.67. The Bertz CT molecular complexity index is 718. The van der Waals surface area contributed by atoms with Crippen LogP contribution in [0.4, 0.5) is 5.69 Å². The van der Waals surface area contributed by atoms with Gasteiger partial charge in [0.15, 0.2) is 0 Å². The van der Waals surface area contributed by atoms with Crippen LogP contribution in [0.15, 0.2) is 29.2 Å². The van der Waals surface area contributed by atoms with Crippen LogP contribution in [0.2, 0.25) is 0 Å². The van der Waals surface area contributed by atoms with E-state index in [2.05, 4.69) is 4.72 Å². The van der Waals surface area contributed by atoms with E-state index in [0.717, 1.165) is 43.6 Å². The van der Waals surface area contributed by atoms with E-state index in [4.69, 9.17) is 0 Å². The lowest BCUT2D eigenvalue weighted by molar-refractivity contribution is -0.385. The molecule has 1 aromatic rings. The number of benzene rings is 1. The summed E-state index contributed by atoms with van der Waals surface area (Å²) in [7, 11) is -3.72. The van der Waals surface area contributed by atoms with E-state index in [0.29, 0.717) is 11.8 Å². The molecule has 0 aromatic heterocycles. The number of nitrogens with one attached hydrogen (secondary N) is 1. The first kappa shape index (κ1) is 15.1. The fourth-order valence-electron chi connectivity index (χ4n) is 5.13. The molecule has 4 aliphatic carbocycles. The van der Waals surface area contributed by atoms with Gasteiger partial charge in [-0.25, -0.2) is 13.1 Å². The summed E-state index contributed by atoms with van der Waals surface area (Å²) in [4.78, 5) is 10.3. The lowest BCUT2D eigenvalue weighted by Crippen LogP contribution is -2.55. The Morgan fingerprint density at radius 3 is 2.22 bits per heavy atom.